The molecule has 3 nitrogen and oxygen atoms in total. The minimum absolute atomic E-state index is 0.683. The maximum Gasteiger partial charge on any atom is 0.0998 e. The summed E-state index contributed by atoms with van der Waals surface area (Å²) in [5.74, 6) is 0. The molecule has 44 heavy (non-hydrogen) atoms. The molecule has 0 aliphatic heterocycles. The largest absolute Gasteiger partial charge is 0.309 e. The molecule has 0 spiro atoms. The Morgan fingerprint density at radius 1 is 0.432 bits per heavy atom. The highest BCUT2D eigenvalue weighted by Crippen LogP contribution is 2.39. The van der Waals surface area contributed by atoms with Crippen molar-refractivity contribution in [1.82, 2.24) is 9.13 Å². The third-order valence-electron chi connectivity index (χ3n) is 8.94. The summed E-state index contributed by atoms with van der Waals surface area (Å²) >= 11 is 0. The molecular weight excluding hydrogens is 534 g/mol. The molecule has 0 saturated carbocycles. The molecule has 3 heteroatoms. The van der Waals surface area contributed by atoms with Gasteiger partial charge in [0.25, 0.3) is 0 Å². The van der Waals surface area contributed by atoms with Gasteiger partial charge in [-0.2, -0.15) is 5.26 Å². The predicted octanol–water partition coefficient (Wildman–Crippen LogP) is 10.6. The molecule has 2 aromatic heterocycles. The van der Waals surface area contributed by atoms with Crippen molar-refractivity contribution in [3.8, 4) is 28.6 Å². The number of fused-ring (bicyclic) bond motifs is 7. The summed E-state index contributed by atoms with van der Waals surface area (Å²) < 4.78 is 4.68. The SMILES string of the molecule is N#Cc1cccc2cccc(-n3c4ccccc4c4cc(-c5ccc6c7ccccc7n(-c7ccccc7)c6c5)ccc43)c12. The first-order valence-corrected chi connectivity index (χ1v) is 14.8. The van der Waals surface area contributed by atoms with Gasteiger partial charge in [0.05, 0.1) is 39.4 Å². The summed E-state index contributed by atoms with van der Waals surface area (Å²) in [6.07, 6.45) is 0. The van der Waals surface area contributed by atoms with E-state index in [0.29, 0.717) is 5.56 Å². The Hall–Kier alpha value is -6.11. The minimum atomic E-state index is 0.683. The zero-order chi connectivity index (χ0) is 29.2. The van der Waals surface area contributed by atoms with Crippen LogP contribution in [0.1, 0.15) is 5.56 Å². The van der Waals surface area contributed by atoms with E-state index in [2.05, 4.69) is 155 Å². The van der Waals surface area contributed by atoms with E-state index >= 15 is 0 Å². The van der Waals surface area contributed by atoms with Gasteiger partial charge in [-0.1, -0.05) is 97.1 Å². The average Bonchev–Trinajstić information content (AvgIpc) is 3.60. The van der Waals surface area contributed by atoms with E-state index in [9.17, 15) is 5.26 Å². The molecule has 0 saturated heterocycles. The lowest BCUT2D eigenvalue weighted by molar-refractivity contribution is 1.18. The summed E-state index contributed by atoms with van der Waals surface area (Å²) in [7, 11) is 0. The summed E-state index contributed by atoms with van der Waals surface area (Å²) in [5.41, 5.74) is 9.84. The fraction of sp³-hybridized carbons (Fsp3) is 0. The first-order valence-electron chi connectivity index (χ1n) is 14.8. The fourth-order valence-electron chi connectivity index (χ4n) is 7.02. The van der Waals surface area contributed by atoms with E-state index in [1.807, 2.05) is 12.1 Å². The van der Waals surface area contributed by atoms with Crippen LogP contribution in [0.15, 0.2) is 152 Å². The maximum absolute atomic E-state index is 10.00. The number of hydrogen-bond donors (Lipinski definition) is 0. The highest BCUT2D eigenvalue weighted by atomic mass is 15.0. The molecule has 0 unspecified atom stereocenters. The number of rotatable bonds is 3. The molecule has 9 aromatic rings. The minimum Gasteiger partial charge on any atom is -0.309 e. The molecule has 204 valence electrons. The van der Waals surface area contributed by atoms with Crippen molar-refractivity contribution in [3.63, 3.8) is 0 Å². The summed E-state index contributed by atoms with van der Waals surface area (Å²) in [5, 5.41) is 16.9. The summed E-state index contributed by atoms with van der Waals surface area (Å²) in [6, 6.07) is 56.1. The van der Waals surface area contributed by atoms with Gasteiger partial charge in [0, 0.05) is 32.6 Å². The zero-order valence-corrected chi connectivity index (χ0v) is 23.8. The first kappa shape index (κ1) is 24.5. The molecule has 2 heterocycles. The van der Waals surface area contributed by atoms with Crippen LogP contribution in [-0.2, 0) is 0 Å². The average molecular weight is 560 g/mol. The second kappa shape index (κ2) is 9.46. The molecule has 0 aliphatic carbocycles. The molecule has 9 rings (SSSR count). The van der Waals surface area contributed by atoms with Gasteiger partial charge in [0.2, 0.25) is 0 Å². The summed E-state index contributed by atoms with van der Waals surface area (Å²) in [4.78, 5) is 0. The van der Waals surface area contributed by atoms with Crippen molar-refractivity contribution in [3.05, 3.63) is 157 Å². The Labute approximate surface area is 254 Å². The second-order valence-electron chi connectivity index (χ2n) is 11.3. The monoisotopic (exact) mass is 559 g/mol. The highest BCUT2D eigenvalue weighted by Gasteiger charge is 2.17. The maximum atomic E-state index is 10.00. The third-order valence-corrected chi connectivity index (χ3v) is 8.94. The van der Waals surface area contributed by atoms with Crippen LogP contribution in [0.5, 0.6) is 0 Å². The lowest BCUT2D eigenvalue weighted by Crippen LogP contribution is -1.96. The number of nitriles is 1. The van der Waals surface area contributed by atoms with Gasteiger partial charge >= 0.3 is 0 Å². The Morgan fingerprint density at radius 3 is 1.84 bits per heavy atom. The second-order valence-corrected chi connectivity index (χ2v) is 11.3. The molecule has 0 atom stereocenters. The van der Waals surface area contributed by atoms with E-state index in [1.165, 1.54) is 43.7 Å². The first-order chi connectivity index (χ1) is 21.8. The van der Waals surface area contributed by atoms with Crippen molar-refractivity contribution in [2.75, 3.05) is 0 Å². The standard InChI is InChI=1S/C41H25N3/c42-26-30-12-8-10-27-11-9-19-39(41(27)30)44-37-18-7-5-16-33(37)35-24-28(21-23-38(35)44)29-20-22-34-32-15-4-6-17-36(32)43(40(34)25-29)31-13-2-1-3-14-31/h1-25H. The van der Waals surface area contributed by atoms with E-state index < -0.39 is 0 Å². The van der Waals surface area contributed by atoms with Crippen LogP contribution in [0.2, 0.25) is 0 Å². The number of para-hydroxylation sites is 3. The lowest BCUT2D eigenvalue weighted by atomic mass is 10.0. The Morgan fingerprint density at radius 2 is 1.05 bits per heavy atom. The number of nitrogens with zero attached hydrogens (tertiary/aromatic N) is 3. The van der Waals surface area contributed by atoms with Gasteiger partial charge in [-0.05, 0) is 71.1 Å². The molecule has 0 N–H and O–H groups in total. The van der Waals surface area contributed by atoms with Crippen LogP contribution in [0.25, 0.3) is 76.9 Å². The molecule has 7 aromatic carbocycles. The quantitative estimate of drug-likeness (QED) is 0.212. The lowest BCUT2D eigenvalue weighted by Gasteiger charge is -2.13. The third kappa shape index (κ3) is 3.49. The molecule has 0 amide bonds. The van der Waals surface area contributed by atoms with Crippen LogP contribution in [-0.4, -0.2) is 9.13 Å². The smallest absolute Gasteiger partial charge is 0.0998 e. The normalized spacial score (nSPS) is 11.6. The van der Waals surface area contributed by atoms with Crippen molar-refractivity contribution in [2.24, 2.45) is 0 Å². The molecule has 0 fully saturated rings. The highest BCUT2D eigenvalue weighted by molar-refractivity contribution is 6.13. The van der Waals surface area contributed by atoms with Crippen molar-refractivity contribution >= 4 is 54.4 Å². The molecule has 0 radical (unpaired) electrons. The van der Waals surface area contributed by atoms with Crippen molar-refractivity contribution in [2.45, 2.75) is 0 Å². The van der Waals surface area contributed by atoms with Gasteiger partial charge in [-0.15, -0.1) is 0 Å². The van der Waals surface area contributed by atoms with Gasteiger partial charge in [0.15, 0.2) is 0 Å². The molecular formula is C41H25N3. The van der Waals surface area contributed by atoms with Gasteiger partial charge < -0.3 is 9.13 Å². The Kier molecular flexibility index (Phi) is 5.26. The van der Waals surface area contributed by atoms with Gasteiger partial charge in [-0.3, -0.25) is 0 Å². The number of aromatic nitrogens is 2. The van der Waals surface area contributed by atoms with Crippen LogP contribution >= 0.6 is 0 Å². The Bertz CT molecular complexity index is 2610. The van der Waals surface area contributed by atoms with Crippen LogP contribution in [0.4, 0.5) is 0 Å². The van der Waals surface area contributed by atoms with Crippen LogP contribution in [0, 0.1) is 11.3 Å². The Balaban J connectivity index is 1.30. The van der Waals surface area contributed by atoms with E-state index in [1.54, 1.807) is 0 Å². The predicted molar refractivity (Wildman–Crippen MR) is 183 cm³/mol. The van der Waals surface area contributed by atoms with Gasteiger partial charge in [-0.25, -0.2) is 0 Å². The molecule has 0 bridgehead atoms. The van der Waals surface area contributed by atoms with Crippen molar-refractivity contribution < 1.29 is 0 Å². The van der Waals surface area contributed by atoms with Crippen LogP contribution in [0.3, 0.4) is 0 Å². The van der Waals surface area contributed by atoms with Gasteiger partial charge in [0.1, 0.15) is 0 Å². The fourth-order valence-corrected chi connectivity index (χ4v) is 7.02. The topological polar surface area (TPSA) is 33.6 Å². The van der Waals surface area contributed by atoms with E-state index in [4.69, 9.17) is 0 Å². The van der Waals surface area contributed by atoms with E-state index in [-0.39, 0.29) is 0 Å². The zero-order valence-electron chi connectivity index (χ0n) is 23.8. The number of benzene rings is 7. The van der Waals surface area contributed by atoms with Crippen molar-refractivity contribution in [1.29, 1.82) is 5.26 Å². The number of hydrogen-bond acceptors (Lipinski definition) is 1. The molecule has 0 aliphatic rings. The summed E-state index contributed by atoms with van der Waals surface area (Å²) in [6.45, 7) is 0. The van der Waals surface area contributed by atoms with Crippen LogP contribution < -0.4 is 0 Å². The van der Waals surface area contributed by atoms with E-state index in [0.717, 1.165) is 33.2 Å².